The van der Waals surface area contributed by atoms with E-state index in [9.17, 15) is 0 Å². The molecule has 0 aromatic heterocycles. The van der Waals surface area contributed by atoms with Crippen molar-refractivity contribution in [3.8, 4) is 0 Å². The van der Waals surface area contributed by atoms with Gasteiger partial charge < -0.3 is 15.5 Å². The Hall–Kier alpha value is -1.22. The molecule has 1 aromatic carbocycles. The summed E-state index contributed by atoms with van der Waals surface area (Å²) in [7, 11) is 6.16. The molecular formula is C12H21N3. The minimum absolute atomic E-state index is 0.371. The maximum absolute atomic E-state index is 5.64. The fourth-order valence-corrected chi connectivity index (χ4v) is 1.40. The summed E-state index contributed by atoms with van der Waals surface area (Å²) in [6.07, 6.45) is 0. The zero-order chi connectivity index (χ0) is 11.4. The van der Waals surface area contributed by atoms with Gasteiger partial charge in [-0.15, -0.1) is 0 Å². The molecule has 1 atom stereocenters. The van der Waals surface area contributed by atoms with E-state index >= 15 is 0 Å². The molecule has 15 heavy (non-hydrogen) atoms. The molecule has 84 valence electrons. The molecule has 1 aromatic rings. The van der Waals surface area contributed by atoms with Crippen molar-refractivity contribution in [2.75, 3.05) is 37.5 Å². The van der Waals surface area contributed by atoms with E-state index in [0.29, 0.717) is 12.6 Å². The molecule has 0 aliphatic rings. The molecule has 0 aliphatic heterocycles. The van der Waals surface area contributed by atoms with Gasteiger partial charge in [-0.2, -0.15) is 0 Å². The molecule has 0 radical (unpaired) electrons. The number of likely N-dealkylation sites (N-methyl/N-ethyl adjacent to an activating group) is 1. The van der Waals surface area contributed by atoms with Gasteiger partial charge >= 0.3 is 0 Å². The van der Waals surface area contributed by atoms with Crippen LogP contribution >= 0.6 is 0 Å². The molecule has 2 N–H and O–H groups in total. The third-order valence-corrected chi connectivity index (χ3v) is 2.78. The van der Waals surface area contributed by atoms with Gasteiger partial charge in [-0.05, 0) is 31.2 Å². The Labute approximate surface area is 92.5 Å². The molecule has 1 rings (SSSR count). The largest absolute Gasteiger partial charge is 0.378 e. The van der Waals surface area contributed by atoms with Gasteiger partial charge in [0.2, 0.25) is 0 Å². The maximum Gasteiger partial charge on any atom is 0.0380 e. The van der Waals surface area contributed by atoms with E-state index in [1.807, 2.05) is 14.1 Å². The van der Waals surface area contributed by atoms with E-state index in [1.165, 1.54) is 11.4 Å². The van der Waals surface area contributed by atoms with Crippen molar-refractivity contribution in [1.29, 1.82) is 0 Å². The van der Waals surface area contributed by atoms with Crippen molar-refractivity contribution in [2.45, 2.75) is 13.0 Å². The van der Waals surface area contributed by atoms with Gasteiger partial charge in [0, 0.05) is 45.1 Å². The van der Waals surface area contributed by atoms with Crippen LogP contribution in [0.15, 0.2) is 24.3 Å². The van der Waals surface area contributed by atoms with Gasteiger partial charge in [-0.1, -0.05) is 0 Å². The molecule has 0 amide bonds. The number of nitrogens with zero attached hydrogens (tertiary/aromatic N) is 2. The highest BCUT2D eigenvalue weighted by molar-refractivity contribution is 5.55. The van der Waals surface area contributed by atoms with Crippen molar-refractivity contribution in [3.05, 3.63) is 24.3 Å². The van der Waals surface area contributed by atoms with Crippen molar-refractivity contribution < 1.29 is 0 Å². The Bertz CT molecular complexity index is 292. The SMILES string of the molecule is CC(CN)N(C)c1ccc(N(C)C)cc1. The lowest BCUT2D eigenvalue weighted by molar-refractivity contribution is 0.695. The third-order valence-electron chi connectivity index (χ3n) is 2.78. The van der Waals surface area contributed by atoms with E-state index in [4.69, 9.17) is 5.73 Å². The van der Waals surface area contributed by atoms with E-state index in [1.54, 1.807) is 0 Å². The number of nitrogens with two attached hydrogens (primary N) is 1. The quantitative estimate of drug-likeness (QED) is 0.813. The lowest BCUT2D eigenvalue weighted by Gasteiger charge is -2.26. The molecule has 0 heterocycles. The Morgan fingerprint density at radius 3 is 1.93 bits per heavy atom. The van der Waals surface area contributed by atoms with Gasteiger partial charge in [0.25, 0.3) is 0 Å². The molecule has 0 spiro atoms. The molecule has 0 aliphatic carbocycles. The predicted molar refractivity (Wildman–Crippen MR) is 67.7 cm³/mol. The van der Waals surface area contributed by atoms with Crippen LogP contribution in [-0.4, -0.2) is 33.7 Å². The van der Waals surface area contributed by atoms with Crippen LogP contribution in [0.5, 0.6) is 0 Å². The van der Waals surface area contributed by atoms with Gasteiger partial charge in [-0.3, -0.25) is 0 Å². The van der Waals surface area contributed by atoms with Crippen molar-refractivity contribution in [3.63, 3.8) is 0 Å². The van der Waals surface area contributed by atoms with E-state index in [-0.39, 0.29) is 0 Å². The Morgan fingerprint density at radius 1 is 1.07 bits per heavy atom. The van der Waals surface area contributed by atoms with Crippen LogP contribution in [-0.2, 0) is 0 Å². The first-order chi connectivity index (χ1) is 7.06. The summed E-state index contributed by atoms with van der Waals surface area (Å²) in [5.74, 6) is 0. The van der Waals surface area contributed by atoms with Crippen LogP contribution in [0.25, 0.3) is 0 Å². The molecule has 0 fully saturated rings. The van der Waals surface area contributed by atoms with Gasteiger partial charge in [0.15, 0.2) is 0 Å². The van der Waals surface area contributed by atoms with E-state index in [2.05, 4.69) is 48.0 Å². The van der Waals surface area contributed by atoms with Crippen LogP contribution in [0, 0.1) is 0 Å². The van der Waals surface area contributed by atoms with Crippen LogP contribution < -0.4 is 15.5 Å². The summed E-state index contributed by atoms with van der Waals surface area (Å²) in [5.41, 5.74) is 8.06. The second-order valence-corrected chi connectivity index (χ2v) is 4.11. The minimum atomic E-state index is 0.371. The minimum Gasteiger partial charge on any atom is -0.378 e. The second-order valence-electron chi connectivity index (χ2n) is 4.11. The van der Waals surface area contributed by atoms with E-state index in [0.717, 1.165) is 0 Å². The first kappa shape index (κ1) is 11.9. The number of hydrogen-bond acceptors (Lipinski definition) is 3. The summed E-state index contributed by atoms with van der Waals surface area (Å²) in [6.45, 7) is 2.80. The summed E-state index contributed by atoms with van der Waals surface area (Å²) < 4.78 is 0. The maximum atomic E-state index is 5.64. The molecule has 0 saturated heterocycles. The Morgan fingerprint density at radius 2 is 1.53 bits per heavy atom. The highest BCUT2D eigenvalue weighted by Crippen LogP contribution is 2.19. The smallest absolute Gasteiger partial charge is 0.0380 e. The van der Waals surface area contributed by atoms with Crippen molar-refractivity contribution >= 4 is 11.4 Å². The topological polar surface area (TPSA) is 32.5 Å². The number of anilines is 2. The first-order valence-electron chi connectivity index (χ1n) is 5.26. The van der Waals surface area contributed by atoms with Crippen LogP contribution in [0.1, 0.15) is 6.92 Å². The highest BCUT2D eigenvalue weighted by atomic mass is 15.1. The lowest BCUT2D eigenvalue weighted by atomic mass is 10.2. The molecular weight excluding hydrogens is 186 g/mol. The van der Waals surface area contributed by atoms with Crippen LogP contribution in [0.2, 0.25) is 0 Å². The average Bonchev–Trinajstić information content (AvgIpc) is 2.27. The normalized spacial score (nSPS) is 12.3. The Kier molecular flexibility index (Phi) is 3.97. The molecule has 0 saturated carbocycles. The molecule has 3 nitrogen and oxygen atoms in total. The Balaban J connectivity index is 2.79. The zero-order valence-corrected chi connectivity index (χ0v) is 10.1. The fourth-order valence-electron chi connectivity index (χ4n) is 1.40. The van der Waals surface area contributed by atoms with E-state index < -0.39 is 0 Å². The summed E-state index contributed by atoms with van der Waals surface area (Å²) in [6, 6.07) is 8.86. The highest BCUT2D eigenvalue weighted by Gasteiger charge is 2.07. The second kappa shape index (κ2) is 5.03. The number of benzene rings is 1. The third kappa shape index (κ3) is 2.86. The predicted octanol–water partition coefficient (Wildman–Crippen LogP) is 1.54. The standard InChI is InChI=1S/C12H21N3/c1-10(9-13)15(4)12-7-5-11(6-8-12)14(2)3/h5-8,10H,9,13H2,1-4H3. The lowest BCUT2D eigenvalue weighted by Crippen LogP contribution is -2.35. The number of rotatable bonds is 4. The fraction of sp³-hybridized carbons (Fsp3) is 0.500. The average molecular weight is 207 g/mol. The number of hydrogen-bond donors (Lipinski definition) is 1. The summed E-state index contributed by atoms with van der Waals surface area (Å²) in [5, 5.41) is 0. The van der Waals surface area contributed by atoms with Crippen LogP contribution in [0.3, 0.4) is 0 Å². The molecule has 1 unspecified atom stereocenters. The van der Waals surface area contributed by atoms with Crippen molar-refractivity contribution in [1.82, 2.24) is 0 Å². The first-order valence-corrected chi connectivity index (χ1v) is 5.26. The molecule has 0 bridgehead atoms. The zero-order valence-electron chi connectivity index (χ0n) is 10.1. The van der Waals surface area contributed by atoms with Crippen LogP contribution in [0.4, 0.5) is 11.4 Å². The monoisotopic (exact) mass is 207 g/mol. The summed E-state index contributed by atoms with van der Waals surface area (Å²) in [4.78, 5) is 4.29. The van der Waals surface area contributed by atoms with Gasteiger partial charge in [0.1, 0.15) is 0 Å². The molecule has 3 heteroatoms. The van der Waals surface area contributed by atoms with Crippen molar-refractivity contribution in [2.24, 2.45) is 5.73 Å². The van der Waals surface area contributed by atoms with Gasteiger partial charge in [-0.25, -0.2) is 0 Å². The van der Waals surface area contributed by atoms with Gasteiger partial charge in [0.05, 0.1) is 0 Å². The summed E-state index contributed by atoms with van der Waals surface area (Å²) >= 11 is 0.